The molecule has 0 bridgehead atoms. The molecule has 104 valence electrons. The third-order valence-corrected chi connectivity index (χ3v) is 3.33. The van der Waals surface area contributed by atoms with Crippen molar-refractivity contribution in [2.75, 3.05) is 6.54 Å². The molecule has 3 nitrogen and oxygen atoms in total. The summed E-state index contributed by atoms with van der Waals surface area (Å²) in [6.45, 7) is -0.415. The van der Waals surface area contributed by atoms with Gasteiger partial charge in [0.1, 0.15) is 6.10 Å². The van der Waals surface area contributed by atoms with Crippen LogP contribution in [-0.4, -0.2) is 30.1 Å². The quantitative estimate of drug-likeness (QED) is 0.850. The molecule has 2 N–H and O–H groups in total. The van der Waals surface area contributed by atoms with Crippen LogP contribution >= 0.6 is 0 Å². The first-order valence-electron chi connectivity index (χ1n) is 6.40. The minimum Gasteiger partial charge on any atom is -0.385 e. The highest BCUT2D eigenvalue weighted by Crippen LogP contribution is 2.22. The molecule has 1 unspecified atom stereocenters. The number of nitrogens with one attached hydrogen (secondary N) is 1. The zero-order chi connectivity index (χ0) is 13.8. The molecular formula is C14H17F2NO2. The second-order valence-electron chi connectivity index (χ2n) is 4.84. The number of aryl methyl sites for hydroxylation is 2. The highest BCUT2D eigenvalue weighted by molar-refractivity contribution is 5.78. The van der Waals surface area contributed by atoms with E-state index < -0.39 is 19.1 Å². The summed E-state index contributed by atoms with van der Waals surface area (Å²) in [5, 5.41) is 11.2. The predicted octanol–water partition coefficient (Wildman–Crippen LogP) is 1.46. The molecular weight excluding hydrogens is 252 g/mol. The van der Waals surface area contributed by atoms with Crippen molar-refractivity contribution in [2.24, 2.45) is 0 Å². The molecule has 1 amide bonds. The molecule has 1 atom stereocenters. The van der Waals surface area contributed by atoms with Crippen molar-refractivity contribution in [3.63, 3.8) is 0 Å². The fourth-order valence-corrected chi connectivity index (χ4v) is 2.29. The standard InChI is InChI=1S/C14H17F2NO2/c15-14(16)12(18)8-17-13(19)7-9-4-5-10-2-1-3-11(10)6-9/h4-6,12,14,18H,1-3,7-8H2,(H,17,19). The molecule has 0 spiro atoms. The number of aliphatic hydroxyl groups is 1. The van der Waals surface area contributed by atoms with E-state index in [2.05, 4.69) is 5.32 Å². The fraction of sp³-hybridized carbons (Fsp3) is 0.500. The van der Waals surface area contributed by atoms with E-state index in [9.17, 15) is 13.6 Å². The summed E-state index contributed by atoms with van der Waals surface area (Å²) in [4.78, 5) is 11.6. The van der Waals surface area contributed by atoms with Gasteiger partial charge in [-0.1, -0.05) is 18.2 Å². The zero-order valence-electron chi connectivity index (χ0n) is 10.5. The van der Waals surface area contributed by atoms with Crippen LogP contribution in [0, 0.1) is 0 Å². The number of carbonyl (C=O) groups excluding carboxylic acids is 1. The predicted molar refractivity (Wildman–Crippen MR) is 67.2 cm³/mol. The summed E-state index contributed by atoms with van der Waals surface area (Å²) < 4.78 is 24.1. The lowest BCUT2D eigenvalue weighted by Crippen LogP contribution is -2.36. The number of fused-ring (bicyclic) bond motifs is 1. The van der Waals surface area contributed by atoms with E-state index >= 15 is 0 Å². The van der Waals surface area contributed by atoms with Crippen LogP contribution in [0.25, 0.3) is 0 Å². The number of hydrogen-bond acceptors (Lipinski definition) is 2. The Labute approximate surface area is 110 Å². The average Bonchev–Trinajstić information content (AvgIpc) is 2.83. The van der Waals surface area contributed by atoms with Crippen molar-refractivity contribution in [3.05, 3.63) is 34.9 Å². The third-order valence-electron chi connectivity index (χ3n) is 3.33. The van der Waals surface area contributed by atoms with Gasteiger partial charge in [0, 0.05) is 6.54 Å². The smallest absolute Gasteiger partial charge is 0.265 e. The normalized spacial score (nSPS) is 15.4. The molecule has 19 heavy (non-hydrogen) atoms. The number of benzene rings is 1. The molecule has 0 heterocycles. The lowest BCUT2D eigenvalue weighted by molar-refractivity contribution is -0.121. The Balaban J connectivity index is 1.85. The van der Waals surface area contributed by atoms with Crippen LogP contribution in [0.1, 0.15) is 23.1 Å². The van der Waals surface area contributed by atoms with Crippen molar-refractivity contribution in [1.82, 2.24) is 5.32 Å². The van der Waals surface area contributed by atoms with Crippen LogP contribution in [0.5, 0.6) is 0 Å². The number of rotatable bonds is 5. The van der Waals surface area contributed by atoms with Gasteiger partial charge in [-0.3, -0.25) is 4.79 Å². The number of carbonyl (C=O) groups is 1. The van der Waals surface area contributed by atoms with Crippen LogP contribution < -0.4 is 5.32 Å². The average molecular weight is 269 g/mol. The van der Waals surface area contributed by atoms with Gasteiger partial charge >= 0.3 is 0 Å². The lowest BCUT2D eigenvalue weighted by atomic mass is 10.0. The van der Waals surface area contributed by atoms with Gasteiger partial charge in [0.2, 0.25) is 5.91 Å². The van der Waals surface area contributed by atoms with Crippen LogP contribution in [-0.2, 0) is 24.1 Å². The number of alkyl halides is 2. The maximum atomic E-state index is 12.1. The Morgan fingerprint density at radius 3 is 2.79 bits per heavy atom. The van der Waals surface area contributed by atoms with E-state index in [0.717, 1.165) is 24.8 Å². The van der Waals surface area contributed by atoms with Crippen LogP contribution in [0.3, 0.4) is 0 Å². The summed E-state index contributed by atoms with van der Waals surface area (Å²) in [5.74, 6) is -0.349. The summed E-state index contributed by atoms with van der Waals surface area (Å²) in [5.41, 5.74) is 3.49. The first kappa shape index (κ1) is 13.9. The van der Waals surface area contributed by atoms with Gasteiger partial charge in [-0.25, -0.2) is 8.78 Å². The summed E-state index contributed by atoms with van der Waals surface area (Å²) in [6.07, 6.45) is -1.21. The van der Waals surface area contributed by atoms with Gasteiger partial charge in [0.05, 0.1) is 6.42 Å². The fourth-order valence-electron chi connectivity index (χ4n) is 2.29. The van der Waals surface area contributed by atoms with Crippen LogP contribution in [0.2, 0.25) is 0 Å². The molecule has 0 aliphatic heterocycles. The van der Waals surface area contributed by atoms with Gasteiger partial charge in [-0.2, -0.15) is 0 Å². The van der Waals surface area contributed by atoms with E-state index in [4.69, 9.17) is 5.11 Å². The summed E-state index contributed by atoms with van der Waals surface area (Å²) in [6, 6.07) is 5.93. The second-order valence-corrected chi connectivity index (χ2v) is 4.84. The van der Waals surface area contributed by atoms with Crippen LogP contribution in [0.4, 0.5) is 8.78 Å². The minimum absolute atomic E-state index is 0.156. The van der Waals surface area contributed by atoms with Gasteiger partial charge in [0.25, 0.3) is 6.43 Å². The van der Waals surface area contributed by atoms with Crippen molar-refractivity contribution in [1.29, 1.82) is 0 Å². The highest BCUT2D eigenvalue weighted by Gasteiger charge is 2.17. The maximum Gasteiger partial charge on any atom is 0.265 e. The Bertz CT molecular complexity index is 463. The van der Waals surface area contributed by atoms with Crippen molar-refractivity contribution < 1.29 is 18.7 Å². The van der Waals surface area contributed by atoms with Gasteiger partial charge in [-0.05, 0) is 36.0 Å². The van der Waals surface area contributed by atoms with Crippen molar-refractivity contribution in [2.45, 2.75) is 38.2 Å². The van der Waals surface area contributed by atoms with E-state index in [1.54, 1.807) is 0 Å². The Morgan fingerprint density at radius 2 is 2.05 bits per heavy atom. The van der Waals surface area contributed by atoms with Gasteiger partial charge in [-0.15, -0.1) is 0 Å². The molecule has 0 saturated carbocycles. The lowest BCUT2D eigenvalue weighted by Gasteiger charge is -2.11. The van der Waals surface area contributed by atoms with Gasteiger partial charge in [0.15, 0.2) is 0 Å². The molecule has 1 aromatic carbocycles. The minimum atomic E-state index is -2.83. The second kappa shape index (κ2) is 6.10. The number of amides is 1. The van der Waals surface area contributed by atoms with Crippen molar-refractivity contribution in [3.8, 4) is 0 Å². The van der Waals surface area contributed by atoms with E-state index in [-0.39, 0.29) is 12.3 Å². The van der Waals surface area contributed by atoms with E-state index in [1.807, 2.05) is 18.2 Å². The maximum absolute atomic E-state index is 12.1. The highest BCUT2D eigenvalue weighted by atomic mass is 19.3. The Kier molecular flexibility index (Phi) is 4.47. The van der Waals surface area contributed by atoms with E-state index in [0.29, 0.717) is 0 Å². The topological polar surface area (TPSA) is 49.3 Å². The molecule has 0 radical (unpaired) electrons. The first-order chi connectivity index (χ1) is 9.06. The molecule has 1 aliphatic carbocycles. The van der Waals surface area contributed by atoms with Gasteiger partial charge < -0.3 is 10.4 Å². The summed E-state index contributed by atoms with van der Waals surface area (Å²) in [7, 11) is 0. The Hall–Kier alpha value is -1.49. The molecule has 0 saturated heterocycles. The van der Waals surface area contributed by atoms with Crippen molar-refractivity contribution >= 4 is 5.91 Å². The molecule has 0 fully saturated rings. The van der Waals surface area contributed by atoms with E-state index in [1.165, 1.54) is 11.1 Å². The van der Waals surface area contributed by atoms with Crippen LogP contribution in [0.15, 0.2) is 18.2 Å². The third kappa shape index (κ3) is 3.73. The number of aliphatic hydroxyl groups excluding tert-OH is 1. The SMILES string of the molecule is O=C(Cc1ccc2c(c1)CCC2)NCC(O)C(F)F. The molecule has 1 aliphatic rings. The monoisotopic (exact) mass is 269 g/mol. The zero-order valence-corrected chi connectivity index (χ0v) is 10.5. The first-order valence-corrected chi connectivity index (χ1v) is 6.40. The molecule has 5 heteroatoms. The number of halogens is 2. The molecule has 2 rings (SSSR count). The largest absolute Gasteiger partial charge is 0.385 e. The molecule has 0 aromatic heterocycles. The molecule has 1 aromatic rings. The Morgan fingerprint density at radius 1 is 1.32 bits per heavy atom. The number of hydrogen-bond donors (Lipinski definition) is 2. The summed E-state index contributed by atoms with van der Waals surface area (Å²) >= 11 is 0.